The monoisotopic (exact) mass is 214 g/mol. The number of likely N-dealkylation sites (tertiary alicyclic amines) is 1. The van der Waals surface area contributed by atoms with Crippen molar-refractivity contribution in [3.63, 3.8) is 0 Å². The summed E-state index contributed by atoms with van der Waals surface area (Å²) in [6.07, 6.45) is 7.42. The molecule has 0 aliphatic carbocycles. The summed E-state index contributed by atoms with van der Waals surface area (Å²) in [4.78, 5) is 2.46. The molecule has 0 radical (unpaired) electrons. The molecule has 1 aliphatic rings. The zero-order valence-electron chi connectivity index (χ0n) is 10.1. The van der Waals surface area contributed by atoms with E-state index in [4.69, 9.17) is 10.5 Å². The molecule has 3 nitrogen and oxygen atoms in total. The predicted octanol–water partition coefficient (Wildman–Crippen LogP) is 1.62. The first-order valence-corrected chi connectivity index (χ1v) is 6.32. The van der Waals surface area contributed by atoms with Crippen LogP contribution in [0.1, 0.15) is 38.5 Å². The topological polar surface area (TPSA) is 38.5 Å². The zero-order chi connectivity index (χ0) is 10.9. The molecular formula is C12H26N2O. The van der Waals surface area contributed by atoms with E-state index >= 15 is 0 Å². The fraction of sp³-hybridized carbons (Fsp3) is 1.00. The second-order valence-corrected chi connectivity index (χ2v) is 4.53. The van der Waals surface area contributed by atoms with E-state index < -0.39 is 0 Å². The lowest BCUT2D eigenvalue weighted by Crippen LogP contribution is -2.26. The number of unbranched alkanes of at least 4 members (excludes halogenated alkanes) is 2. The van der Waals surface area contributed by atoms with Gasteiger partial charge in [-0.1, -0.05) is 0 Å². The summed E-state index contributed by atoms with van der Waals surface area (Å²) in [7, 11) is 2.22. The lowest BCUT2D eigenvalue weighted by atomic mass is 10.1. The third-order valence-electron chi connectivity index (χ3n) is 3.26. The second-order valence-electron chi connectivity index (χ2n) is 4.53. The highest BCUT2D eigenvalue weighted by molar-refractivity contribution is 4.75. The van der Waals surface area contributed by atoms with Crippen LogP contribution in [0, 0.1) is 0 Å². The Morgan fingerprint density at radius 2 is 2.13 bits per heavy atom. The molecule has 2 N–H and O–H groups in total. The molecule has 0 aromatic rings. The van der Waals surface area contributed by atoms with E-state index in [1.807, 2.05) is 0 Å². The maximum Gasteiger partial charge on any atom is 0.0480 e. The van der Waals surface area contributed by atoms with Gasteiger partial charge in [-0.25, -0.2) is 0 Å². The van der Waals surface area contributed by atoms with Crippen molar-refractivity contribution in [3.05, 3.63) is 0 Å². The molecule has 1 rings (SSSR count). The molecule has 1 unspecified atom stereocenters. The summed E-state index contributed by atoms with van der Waals surface area (Å²) in [6.45, 7) is 3.92. The first kappa shape index (κ1) is 12.9. The van der Waals surface area contributed by atoms with Crippen molar-refractivity contribution in [2.24, 2.45) is 5.73 Å². The van der Waals surface area contributed by atoms with Crippen LogP contribution in [-0.4, -0.2) is 44.3 Å². The molecule has 1 heterocycles. The average Bonchev–Trinajstić information content (AvgIpc) is 2.63. The Morgan fingerprint density at radius 1 is 1.27 bits per heavy atom. The Kier molecular flexibility index (Phi) is 6.98. The molecular weight excluding hydrogens is 188 g/mol. The van der Waals surface area contributed by atoms with Crippen molar-refractivity contribution in [1.29, 1.82) is 0 Å². The van der Waals surface area contributed by atoms with Crippen molar-refractivity contribution >= 4 is 0 Å². The lowest BCUT2D eigenvalue weighted by Gasteiger charge is -2.18. The minimum absolute atomic E-state index is 0.772. The number of nitrogens with two attached hydrogens (primary N) is 1. The average molecular weight is 214 g/mol. The molecule has 0 spiro atoms. The maximum atomic E-state index is 5.62. The van der Waals surface area contributed by atoms with Gasteiger partial charge in [0.15, 0.2) is 0 Å². The minimum Gasteiger partial charge on any atom is -0.381 e. The van der Waals surface area contributed by atoms with Gasteiger partial charge in [0.05, 0.1) is 0 Å². The van der Waals surface area contributed by atoms with E-state index in [-0.39, 0.29) is 0 Å². The second kappa shape index (κ2) is 8.08. The summed E-state index contributed by atoms with van der Waals surface area (Å²) in [5, 5.41) is 0. The number of hydrogen-bond donors (Lipinski definition) is 1. The molecule has 3 heteroatoms. The fourth-order valence-electron chi connectivity index (χ4n) is 2.19. The normalized spacial score (nSPS) is 22.4. The molecule has 0 aromatic heterocycles. The van der Waals surface area contributed by atoms with Gasteiger partial charge >= 0.3 is 0 Å². The molecule has 0 bridgehead atoms. The number of rotatable bonds is 8. The third-order valence-corrected chi connectivity index (χ3v) is 3.26. The van der Waals surface area contributed by atoms with Gasteiger partial charge in [0, 0.05) is 19.3 Å². The van der Waals surface area contributed by atoms with Crippen LogP contribution in [0.25, 0.3) is 0 Å². The van der Waals surface area contributed by atoms with Crippen LogP contribution in [-0.2, 0) is 4.74 Å². The highest BCUT2D eigenvalue weighted by Crippen LogP contribution is 2.17. The predicted molar refractivity (Wildman–Crippen MR) is 64.0 cm³/mol. The summed E-state index contributed by atoms with van der Waals surface area (Å²) in [5.74, 6) is 0. The van der Waals surface area contributed by atoms with Gasteiger partial charge < -0.3 is 15.4 Å². The van der Waals surface area contributed by atoms with Gasteiger partial charge in [0.1, 0.15) is 0 Å². The molecule has 15 heavy (non-hydrogen) atoms. The fourth-order valence-corrected chi connectivity index (χ4v) is 2.19. The van der Waals surface area contributed by atoms with Crippen LogP contribution >= 0.6 is 0 Å². The molecule has 0 saturated carbocycles. The number of ether oxygens (including phenoxy) is 1. The van der Waals surface area contributed by atoms with E-state index in [0.717, 1.165) is 38.6 Å². The van der Waals surface area contributed by atoms with Gasteiger partial charge in [-0.3, -0.25) is 0 Å². The SMILES string of the molecule is CN1CCCC1CCOCCCCCN. The van der Waals surface area contributed by atoms with Gasteiger partial charge in [-0.2, -0.15) is 0 Å². The first-order valence-electron chi connectivity index (χ1n) is 6.32. The largest absolute Gasteiger partial charge is 0.381 e. The van der Waals surface area contributed by atoms with E-state index in [0.29, 0.717) is 0 Å². The van der Waals surface area contributed by atoms with E-state index in [9.17, 15) is 0 Å². The third kappa shape index (κ3) is 5.50. The van der Waals surface area contributed by atoms with E-state index in [1.54, 1.807) is 0 Å². The Morgan fingerprint density at radius 3 is 2.80 bits per heavy atom. The number of nitrogens with zero attached hydrogens (tertiary/aromatic N) is 1. The van der Waals surface area contributed by atoms with Crippen molar-refractivity contribution in [1.82, 2.24) is 4.90 Å². The van der Waals surface area contributed by atoms with Crippen molar-refractivity contribution < 1.29 is 4.74 Å². The van der Waals surface area contributed by atoms with Crippen molar-refractivity contribution in [2.45, 2.75) is 44.6 Å². The van der Waals surface area contributed by atoms with Crippen molar-refractivity contribution in [3.8, 4) is 0 Å². The van der Waals surface area contributed by atoms with Crippen LogP contribution in [0.5, 0.6) is 0 Å². The van der Waals surface area contributed by atoms with Crippen LogP contribution in [0.4, 0.5) is 0 Å². The van der Waals surface area contributed by atoms with Crippen LogP contribution in [0.2, 0.25) is 0 Å². The zero-order valence-corrected chi connectivity index (χ0v) is 10.1. The summed E-state index contributed by atoms with van der Waals surface area (Å²) in [6, 6.07) is 0.772. The van der Waals surface area contributed by atoms with E-state index in [2.05, 4.69) is 11.9 Å². The minimum atomic E-state index is 0.772. The Balaban J connectivity index is 1.84. The summed E-state index contributed by atoms with van der Waals surface area (Å²) in [5.41, 5.74) is 5.42. The standard InChI is InChI=1S/C12H26N2O/c1-14-9-5-6-12(14)7-11-15-10-4-2-3-8-13/h12H,2-11,13H2,1H3. The lowest BCUT2D eigenvalue weighted by molar-refractivity contribution is 0.110. The highest BCUT2D eigenvalue weighted by Gasteiger charge is 2.19. The molecule has 0 aromatic carbocycles. The molecule has 1 saturated heterocycles. The molecule has 1 aliphatic heterocycles. The smallest absolute Gasteiger partial charge is 0.0480 e. The summed E-state index contributed by atoms with van der Waals surface area (Å²) >= 11 is 0. The first-order chi connectivity index (χ1) is 7.34. The molecule has 1 fully saturated rings. The molecule has 90 valence electrons. The van der Waals surface area contributed by atoms with Crippen LogP contribution in [0.15, 0.2) is 0 Å². The van der Waals surface area contributed by atoms with Gasteiger partial charge in [0.2, 0.25) is 0 Å². The Hall–Kier alpha value is -0.120. The molecule has 1 atom stereocenters. The van der Waals surface area contributed by atoms with Crippen molar-refractivity contribution in [2.75, 3.05) is 33.4 Å². The highest BCUT2D eigenvalue weighted by atomic mass is 16.5. The van der Waals surface area contributed by atoms with E-state index in [1.165, 1.54) is 32.2 Å². The maximum absolute atomic E-state index is 5.62. The quantitative estimate of drug-likeness (QED) is 0.624. The number of hydrogen-bond acceptors (Lipinski definition) is 3. The van der Waals surface area contributed by atoms with Gasteiger partial charge in [0.25, 0.3) is 0 Å². The Bertz CT molecular complexity index is 153. The Labute approximate surface area is 94.0 Å². The summed E-state index contributed by atoms with van der Waals surface area (Å²) < 4.78 is 5.62. The van der Waals surface area contributed by atoms with Crippen LogP contribution < -0.4 is 5.73 Å². The van der Waals surface area contributed by atoms with Crippen LogP contribution in [0.3, 0.4) is 0 Å². The van der Waals surface area contributed by atoms with Gasteiger partial charge in [-0.15, -0.1) is 0 Å². The molecule has 0 amide bonds. The van der Waals surface area contributed by atoms with Gasteiger partial charge in [-0.05, 0) is 58.7 Å².